The molecule has 2 fully saturated rings. The summed E-state index contributed by atoms with van der Waals surface area (Å²) in [7, 11) is 1.86. The maximum absolute atomic E-state index is 13.4. The molecule has 3 heterocycles. The van der Waals surface area contributed by atoms with Crippen LogP contribution in [0.2, 0.25) is 0 Å². The molecule has 8 nitrogen and oxygen atoms in total. The molecule has 1 saturated carbocycles. The predicted molar refractivity (Wildman–Crippen MR) is 156 cm³/mol. The number of nitrogens with zero attached hydrogens (tertiary/aromatic N) is 2. The Kier molecular flexibility index (Phi) is 6.71. The average Bonchev–Trinajstić information content (AvgIpc) is 3.64. The molecule has 1 unspecified atom stereocenters. The Hall–Kier alpha value is -3.88. The van der Waals surface area contributed by atoms with E-state index in [1.165, 1.54) is 12.5 Å². The summed E-state index contributed by atoms with van der Waals surface area (Å²) >= 11 is 0. The number of furan rings is 1. The number of benzene rings is 2. The van der Waals surface area contributed by atoms with E-state index in [1.54, 1.807) is 24.7 Å². The zero-order chi connectivity index (χ0) is 29.0. The summed E-state index contributed by atoms with van der Waals surface area (Å²) < 4.78 is 17.6. The molecule has 1 saturated heterocycles. The Morgan fingerprint density at radius 3 is 2.79 bits per heavy atom. The summed E-state index contributed by atoms with van der Waals surface area (Å²) in [5.74, 6) is 0.936. The van der Waals surface area contributed by atoms with Gasteiger partial charge in [-0.2, -0.15) is 0 Å². The number of hydrogen-bond donors (Lipinski definition) is 1. The van der Waals surface area contributed by atoms with E-state index in [4.69, 9.17) is 13.9 Å². The Morgan fingerprint density at radius 2 is 2.02 bits per heavy atom. The summed E-state index contributed by atoms with van der Waals surface area (Å²) in [5.41, 5.74) is 3.83. The Morgan fingerprint density at radius 1 is 1.19 bits per heavy atom. The van der Waals surface area contributed by atoms with Gasteiger partial charge in [0, 0.05) is 49.2 Å². The van der Waals surface area contributed by atoms with Crippen LogP contribution in [0.5, 0.6) is 11.5 Å². The van der Waals surface area contributed by atoms with E-state index < -0.39 is 6.10 Å². The van der Waals surface area contributed by atoms with Gasteiger partial charge < -0.3 is 23.9 Å². The number of amides is 1. The number of aliphatic hydroxyl groups excluding tert-OH is 1. The number of likely N-dealkylation sites (tertiary alicyclic amines) is 1. The van der Waals surface area contributed by atoms with Gasteiger partial charge in [-0.05, 0) is 67.5 Å². The van der Waals surface area contributed by atoms with Crippen LogP contribution in [0.25, 0.3) is 6.08 Å². The number of likely N-dealkylation sites (N-methyl/N-ethyl adjacent to an activating group) is 1. The highest BCUT2D eigenvalue weighted by molar-refractivity contribution is 5.92. The van der Waals surface area contributed by atoms with Crippen LogP contribution in [0.4, 0.5) is 0 Å². The van der Waals surface area contributed by atoms with Crippen molar-refractivity contribution in [3.63, 3.8) is 0 Å². The van der Waals surface area contributed by atoms with Gasteiger partial charge in [-0.15, -0.1) is 0 Å². The normalized spacial score (nSPS) is 28.2. The number of aliphatic hydroxyl groups is 1. The van der Waals surface area contributed by atoms with Crippen molar-refractivity contribution in [3.05, 3.63) is 89.4 Å². The van der Waals surface area contributed by atoms with Crippen molar-refractivity contribution >= 4 is 18.0 Å². The fraction of sp³-hybridized carbons (Fsp3) is 0.412. The molecule has 1 aromatic heterocycles. The summed E-state index contributed by atoms with van der Waals surface area (Å²) in [5, 5.41) is 11.2. The van der Waals surface area contributed by atoms with E-state index in [-0.39, 0.29) is 35.5 Å². The minimum atomic E-state index is -0.568. The van der Waals surface area contributed by atoms with Crippen LogP contribution in [0, 0.1) is 5.92 Å². The fourth-order valence-corrected chi connectivity index (χ4v) is 8.27. The van der Waals surface area contributed by atoms with Crippen molar-refractivity contribution in [1.82, 2.24) is 9.80 Å². The molecular formula is C34H36N2O6. The highest BCUT2D eigenvalue weighted by Gasteiger charge is 2.66. The van der Waals surface area contributed by atoms with Crippen LogP contribution >= 0.6 is 0 Å². The predicted octanol–water partition coefficient (Wildman–Crippen LogP) is 4.52. The number of β-amino-alcohol motifs (C(OH)–C–C–N with tert-alkyl or cyclic N) is 1. The minimum Gasteiger partial charge on any atom is -0.483 e. The first-order valence-electron chi connectivity index (χ1n) is 14.8. The summed E-state index contributed by atoms with van der Waals surface area (Å²) in [6, 6.07) is 15.7. The number of ether oxygens (including phenoxy) is 2. The fourth-order valence-electron chi connectivity index (χ4n) is 8.27. The highest BCUT2D eigenvalue weighted by Crippen LogP contribution is 2.64. The van der Waals surface area contributed by atoms with Crippen LogP contribution in [-0.2, 0) is 21.4 Å². The second-order valence-electron chi connectivity index (χ2n) is 12.1. The number of rotatable bonds is 7. The standard InChI is InChI=1S/C34H36N2O6/c1-21(37)41-29-12-9-24-18-27-25-10-11-26(35(2)30(39)13-8-22-14-17-40-20-22)33-34(25,31(24)32(29)42-33)15-16-36(27)19-28(38)23-6-4-3-5-7-23/h3-9,12-14,17,20,25-28,33,38H,10-11,15-16,18-19H2,1-2H3/t25-,26+,27+,28?,33-,34-/m0/s1. The molecule has 42 heavy (non-hydrogen) atoms. The Balaban J connectivity index is 1.24. The topological polar surface area (TPSA) is 92.5 Å². The van der Waals surface area contributed by atoms with Gasteiger partial charge in [-0.3, -0.25) is 14.5 Å². The second kappa shape index (κ2) is 10.4. The van der Waals surface area contributed by atoms with Crippen LogP contribution in [0.3, 0.4) is 0 Å². The lowest BCUT2D eigenvalue weighted by Gasteiger charge is -2.60. The lowest BCUT2D eigenvalue weighted by atomic mass is 9.51. The first kappa shape index (κ1) is 27.0. The van der Waals surface area contributed by atoms with Crippen molar-refractivity contribution in [2.24, 2.45) is 5.92 Å². The molecule has 1 N–H and O–H groups in total. The molecule has 2 aliphatic heterocycles. The Labute approximate surface area is 245 Å². The molecule has 3 aromatic rings. The van der Waals surface area contributed by atoms with Crippen LogP contribution < -0.4 is 9.47 Å². The molecular weight excluding hydrogens is 532 g/mol. The van der Waals surface area contributed by atoms with Gasteiger partial charge in [-0.1, -0.05) is 36.4 Å². The van der Waals surface area contributed by atoms with Crippen molar-refractivity contribution < 1.29 is 28.6 Å². The molecule has 2 aromatic carbocycles. The molecule has 2 bridgehead atoms. The number of carbonyl (C=O) groups is 2. The van der Waals surface area contributed by atoms with E-state index in [2.05, 4.69) is 11.0 Å². The van der Waals surface area contributed by atoms with Crippen LogP contribution in [0.1, 0.15) is 54.5 Å². The zero-order valence-corrected chi connectivity index (χ0v) is 23.9. The third kappa shape index (κ3) is 4.27. The molecule has 1 amide bonds. The van der Waals surface area contributed by atoms with Gasteiger partial charge in [-0.25, -0.2) is 0 Å². The molecule has 7 rings (SSSR count). The van der Waals surface area contributed by atoms with Crippen molar-refractivity contribution in [3.8, 4) is 11.5 Å². The highest BCUT2D eigenvalue weighted by atomic mass is 16.6. The first-order valence-corrected chi connectivity index (χ1v) is 14.8. The van der Waals surface area contributed by atoms with Gasteiger partial charge in [0.1, 0.15) is 6.10 Å². The number of carbonyl (C=O) groups excluding carboxylic acids is 2. The minimum absolute atomic E-state index is 0.0909. The molecule has 2 aliphatic carbocycles. The van der Waals surface area contributed by atoms with E-state index >= 15 is 0 Å². The number of piperidine rings is 1. The third-order valence-corrected chi connectivity index (χ3v) is 10.0. The van der Waals surface area contributed by atoms with E-state index in [9.17, 15) is 14.7 Å². The van der Waals surface area contributed by atoms with Crippen molar-refractivity contribution in [2.45, 2.75) is 62.3 Å². The van der Waals surface area contributed by atoms with Gasteiger partial charge in [0.25, 0.3) is 0 Å². The van der Waals surface area contributed by atoms with E-state index in [1.807, 2.05) is 54.4 Å². The smallest absolute Gasteiger partial charge is 0.308 e. The average molecular weight is 569 g/mol. The maximum atomic E-state index is 13.4. The second-order valence-corrected chi connectivity index (χ2v) is 12.1. The molecule has 4 aliphatic rings. The molecule has 6 atom stereocenters. The molecule has 0 radical (unpaired) electrons. The van der Waals surface area contributed by atoms with Gasteiger partial charge in [0.05, 0.1) is 24.7 Å². The third-order valence-electron chi connectivity index (χ3n) is 10.0. The molecule has 1 spiro atoms. The lowest BCUT2D eigenvalue weighted by Crippen LogP contribution is -2.69. The number of hydrogen-bond acceptors (Lipinski definition) is 7. The van der Waals surface area contributed by atoms with Gasteiger partial charge in [0.15, 0.2) is 11.5 Å². The van der Waals surface area contributed by atoms with Crippen LogP contribution in [0.15, 0.2) is 71.6 Å². The summed E-state index contributed by atoms with van der Waals surface area (Å²) in [4.78, 5) is 29.7. The maximum Gasteiger partial charge on any atom is 0.308 e. The van der Waals surface area contributed by atoms with Gasteiger partial charge in [0.2, 0.25) is 5.91 Å². The van der Waals surface area contributed by atoms with Crippen molar-refractivity contribution in [2.75, 3.05) is 20.1 Å². The zero-order valence-electron chi connectivity index (χ0n) is 23.9. The SMILES string of the molecule is CC(=O)Oc1ccc2c3c1O[C@H]1[C@H](N(C)C(=O)C=Cc4ccoc4)CC[C@H]4[C@@H](C2)N(CC(O)c2ccccc2)CC[C@@]341. The summed E-state index contributed by atoms with van der Waals surface area (Å²) in [6.45, 7) is 2.79. The largest absolute Gasteiger partial charge is 0.483 e. The quantitative estimate of drug-likeness (QED) is 0.255. The monoisotopic (exact) mass is 568 g/mol. The van der Waals surface area contributed by atoms with Crippen LogP contribution in [-0.4, -0.2) is 65.1 Å². The molecule has 218 valence electrons. The van der Waals surface area contributed by atoms with E-state index in [0.29, 0.717) is 24.0 Å². The van der Waals surface area contributed by atoms with Crippen molar-refractivity contribution in [1.29, 1.82) is 0 Å². The lowest BCUT2D eigenvalue weighted by molar-refractivity contribution is -0.135. The van der Waals surface area contributed by atoms with Gasteiger partial charge >= 0.3 is 5.97 Å². The molecule has 8 heteroatoms. The van der Waals surface area contributed by atoms with E-state index in [0.717, 1.165) is 48.9 Å². The Bertz CT molecular complexity index is 1520. The first-order chi connectivity index (χ1) is 20.4. The summed E-state index contributed by atoms with van der Waals surface area (Å²) in [6.07, 6.45) is 9.14. The number of esters is 1.